The zero-order chi connectivity index (χ0) is 18.4. The number of carboxylic acids is 1. The molecule has 136 valence electrons. The summed E-state index contributed by atoms with van der Waals surface area (Å²) in [5.41, 5.74) is 6.21. The number of unbranched alkanes of at least 4 members (excludes halogenated alkanes) is 1. The van der Waals surface area contributed by atoms with Crippen LogP contribution in [0.5, 0.6) is 0 Å². The van der Waals surface area contributed by atoms with Gasteiger partial charge in [0.05, 0.1) is 12.1 Å². The van der Waals surface area contributed by atoms with Crippen LogP contribution in [0.2, 0.25) is 0 Å². The second-order valence-electron chi connectivity index (χ2n) is 5.39. The molecule has 7 nitrogen and oxygen atoms in total. The van der Waals surface area contributed by atoms with Gasteiger partial charge in [-0.05, 0) is 44.8 Å². The molecule has 4 N–H and O–H groups in total. The predicted octanol–water partition coefficient (Wildman–Crippen LogP) is 1.65. The van der Waals surface area contributed by atoms with Gasteiger partial charge in [0.15, 0.2) is 0 Å². The van der Waals surface area contributed by atoms with E-state index in [1.165, 1.54) is 6.42 Å². The Labute approximate surface area is 143 Å². The summed E-state index contributed by atoms with van der Waals surface area (Å²) in [5.74, 6) is -1.23. The van der Waals surface area contributed by atoms with Gasteiger partial charge >= 0.3 is 11.9 Å². The number of hydrogen-bond acceptors (Lipinski definition) is 6. The number of esters is 1. The van der Waals surface area contributed by atoms with Crippen LogP contribution in [0.1, 0.15) is 30.1 Å². The first-order chi connectivity index (χ1) is 11.4. The molecule has 0 aliphatic heterocycles. The van der Waals surface area contributed by atoms with Crippen molar-refractivity contribution in [3.63, 3.8) is 0 Å². The fourth-order valence-electron chi connectivity index (χ4n) is 1.54. The van der Waals surface area contributed by atoms with Crippen molar-refractivity contribution in [3.05, 3.63) is 29.8 Å². The van der Waals surface area contributed by atoms with Gasteiger partial charge in [-0.2, -0.15) is 0 Å². The number of nitrogens with zero attached hydrogens (tertiary/aromatic N) is 1. The number of carbonyl (C=O) groups is 2. The molecule has 1 aromatic rings. The molecule has 1 aromatic carbocycles. The van der Waals surface area contributed by atoms with E-state index in [0.29, 0.717) is 12.2 Å². The number of carboxylic acid groups (broad SMARTS) is 1. The summed E-state index contributed by atoms with van der Waals surface area (Å²) in [7, 11) is 3.90. The summed E-state index contributed by atoms with van der Waals surface area (Å²) in [6.07, 6.45) is 2.32. The maximum Gasteiger partial charge on any atom is 0.338 e. The largest absolute Gasteiger partial charge is 0.480 e. The lowest BCUT2D eigenvalue weighted by Crippen LogP contribution is -2.20. The fraction of sp³-hybridized carbons (Fsp3) is 0.529. The third kappa shape index (κ3) is 11.4. The second kappa shape index (κ2) is 13.3. The Bertz CT molecular complexity index is 475. The highest BCUT2D eigenvalue weighted by Crippen LogP contribution is 2.10. The number of benzene rings is 1. The molecule has 0 saturated carbocycles. The number of carbonyl (C=O) groups excluding carboxylic acids is 1. The van der Waals surface area contributed by atoms with E-state index in [9.17, 15) is 9.59 Å². The van der Waals surface area contributed by atoms with E-state index in [2.05, 4.69) is 18.0 Å². The normalized spacial score (nSPS) is 9.88. The SMILES string of the molecule is CCCCNc1ccc(C(=O)OCCN(C)C)cc1.NCC(=O)O. The van der Waals surface area contributed by atoms with Crippen molar-refractivity contribution in [1.82, 2.24) is 4.90 Å². The molecule has 0 aliphatic rings. The van der Waals surface area contributed by atoms with Gasteiger partial charge in [0.1, 0.15) is 6.61 Å². The first-order valence-corrected chi connectivity index (χ1v) is 7.98. The summed E-state index contributed by atoms with van der Waals surface area (Å²) in [5, 5.41) is 10.9. The van der Waals surface area contributed by atoms with Crippen LogP contribution < -0.4 is 11.1 Å². The predicted molar refractivity (Wildman–Crippen MR) is 95.4 cm³/mol. The van der Waals surface area contributed by atoms with E-state index < -0.39 is 5.97 Å². The van der Waals surface area contributed by atoms with Gasteiger partial charge in [0, 0.05) is 18.8 Å². The number of aliphatic carboxylic acids is 1. The minimum absolute atomic E-state index is 0.262. The van der Waals surface area contributed by atoms with E-state index in [1.54, 1.807) is 12.1 Å². The fourth-order valence-corrected chi connectivity index (χ4v) is 1.54. The quantitative estimate of drug-likeness (QED) is 0.464. The van der Waals surface area contributed by atoms with Gasteiger partial charge in [0.25, 0.3) is 0 Å². The Morgan fingerprint density at radius 2 is 1.83 bits per heavy atom. The summed E-state index contributed by atoms with van der Waals surface area (Å²) in [6, 6.07) is 7.43. The van der Waals surface area contributed by atoms with Crippen LogP contribution in [0.3, 0.4) is 0 Å². The topological polar surface area (TPSA) is 105 Å². The van der Waals surface area contributed by atoms with Crippen molar-refractivity contribution in [3.8, 4) is 0 Å². The molecule has 0 unspecified atom stereocenters. The zero-order valence-corrected chi connectivity index (χ0v) is 14.7. The van der Waals surface area contributed by atoms with Crippen molar-refractivity contribution >= 4 is 17.6 Å². The second-order valence-corrected chi connectivity index (χ2v) is 5.39. The van der Waals surface area contributed by atoms with Crippen LogP contribution in [-0.2, 0) is 9.53 Å². The van der Waals surface area contributed by atoms with Gasteiger partial charge in [-0.15, -0.1) is 0 Å². The van der Waals surface area contributed by atoms with Crippen molar-refractivity contribution < 1.29 is 19.4 Å². The Balaban J connectivity index is 0.000000922. The third-order valence-corrected chi connectivity index (χ3v) is 2.93. The highest BCUT2D eigenvalue weighted by molar-refractivity contribution is 5.89. The molecule has 0 spiro atoms. The maximum atomic E-state index is 11.7. The number of nitrogens with two attached hydrogens (primary N) is 1. The van der Waals surface area contributed by atoms with E-state index in [0.717, 1.165) is 25.2 Å². The molecule has 0 saturated heterocycles. The summed E-state index contributed by atoms with van der Waals surface area (Å²) in [6.45, 7) is 4.00. The average Bonchev–Trinajstić information content (AvgIpc) is 2.55. The first kappa shape index (κ1) is 21.9. The molecule has 24 heavy (non-hydrogen) atoms. The van der Waals surface area contributed by atoms with Gasteiger partial charge in [-0.1, -0.05) is 13.3 Å². The van der Waals surface area contributed by atoms with E-state index in [-0.39, 0.29) is 12.5 Å². The molecule has 0 amide bonds. The van der Waals surface area contributed by atoms with E-state index in [4.69, 9.17) is 9.84 Å². The van der Waals surface area contributed by atoms with Gasteiger partial charge < -0.3 is 25.8 Å². The monoisotopic (exact) mass is 339 g/mol. The van der Waals surface area contributed by atoms with Crippen LogP contribution >= 0.6 is 0 Å². The third-order valence-electron chi connectivity index (χ3n) is 2.93. The standard InChI is InChI=1S/C15H24N2O2.C2H5NO2/c1-4-5-10-16-14-8-6-13(7-9-14)15(18)19-12-11-17(2)3;3-1-2(4)5/h6-9,16H,4-5,10-12H2,1-3H3;1,3H2,(H,4,5). The molecule has 0 bridgehead atoms. The van der Waals surface area contributed by atoms with Crippen LogP contribution in [0, 0.1) is 0 Å². The van der Waals surface area contributed by atoms with Gasteiger partial charge in [-0.3, -0.25) is 4.79 Å². The number of ether oxygens (including phenoxy) is 1. The van der Waals surface area contributed by atoms with Crippen LogP contribution in [0.25, 0.3) is 0 Å². The molecule has 7 heteroatoms. The molecule has 0 atom stereocenters. The summed E-state index contributed by atoms with van der Waals surface area (Å²) < 4.78 is 5.18. The maximum absolute atomic E-state index is 11.7. The Morgan fingerprint density at radius 1 is 1.25 bits per heavy atom. The van der Waals surface area contributed by atoms with E-state index in [1.807, 2.05) is 31.1 Å². The Kier molecular flexibility index (Phi) is 12.2. The molecule has 0 aromatic heterocycles. The minimum Gasteiger partial charge on any atom is -0.480 e. The average molecular weight is 339 g/mol. The molecule has 1 rings (SSSR count). The molecule has 0 heterocycles. The van der Waals surface area contributed by atoms with Crippen molar-refractivity contribution in [2.24, 2.45) is 5.73 Å². The number of nitrogens with one attached hydrogen (secondary N) is 1. The van der Waals surface area contributed by atoms with Crippen LogP contribution in [0.4, 0.5) is 5.69 Å². The molecule has 0 fully saturated rings. The lowest BCUT2D eigenvalue weighted by Gasteiger charge is -2.10. The molecular weight excluding hydrogens is 310 g/mol. The smallest absolute Gasteiger partial charge is 0.338 e. The van der Waals surface area contributed by atoms with Crippen molar-refractivity contribution in [1.29, 1.82) is 0 Å². The number of hydrogen-bond donors (Lipinski definition) is 3. The highest BCUT2D eigenvalue weighted by Gasteiger charge is 2.06. The van der Waals surface area contributed by atoms with E-state index >= 15 is 0 Å². The Morgan fingerprint density at radius 3 is 2.29 bits per heavy atom. The van der Waals surface area contributed by atoms with Crippen molar-refractivity contribution in [2.75, 3.05) is 45.7 Å². The van der Waals surface area contributed by atoms with Crippen LogP contribution in [-0.4, -0.2) is 62.3 Å². The van der Waals surface area contributed by atoms with Gasteiger partial charge in [-0.25, -0.2) is 4.79 Å². The summed E-state index contributed by atoms with van der Waals surface area (Å²) in [4.78, 5) is 23.0. The summed E-state index contributed by atoms with van der Waals surface area (Å²) >= 11 is 0. The van der Waals surface area contributed by atoms with Gasteiger partial charge in [0.2, 0.25) is 0 Å². The zero-order valence-electron chi connectivity index (χ0n) is 14.7. The highest BCUT2D eigenvalue weighted by atomic mass is 16.5. The number of rotatable bonds is 9. The molecule has 0 aliphatic carbocycles. The number of likely N-dealkylation sites (N-methyl/N-ethyl adjacent to an activating group) is 1. The molecular formula is C17H29N3O4. The minimum atomic E-state index is -0.968. The van der Waals surface area contributed by atoms with Crippen LogP contribution in [0.15, 0.2) is 24.3 Å². The molecule has 0 radical (unpaired) electrons. The lowest BCUT2D eigenvalue weighted by atomic mass is 10.2. The lowest BCUT2D eigenvalue weighted by molar-refractivity contribution is -0.135. The number of anilines is 1. The van der Waals surface area contributed by atoms with Crippen molar-refractivity contribution in [2.45, 2.75) is 19.8 Å². The first-order valence-electron chi connectivity index (χ1n) is 7.98. The Hall–Kier alpha value is -2.12.